The van der Waals surface area contributed by atoms with Crippen molar-refractivity contribution in [3.8, 4) is 5.88 Å². The minimum absolute atomic E-state index is 0.116. The number of unbranched alkanes of at least 4 members (excludes halogenated alkanes) is 1. The minimum Gasteiger partial charge on any atom is -0.493 e. The van der Waals surface area contributed by atoms with Crippen molar-refractivity contribution >= 4 is 17.8 Å². The highest BCUT2D eigenvalue weighted by Gasteiger charge is 2.10. The van der Waals surface area contributed by atoms with Crippen LogP contribution < -0.4 is 16.6 Å². The fraction of sp³-hybridized carbons (Fsp3) is 0.455. The molecule has 0 aliphatic rings. The molecule has 0 atom stereocenters. The van der Waals surface area contributed by atoms with E-state index in [9.17, 15) is 19.5 Å². The average molecular weight is 284 g/mol. The van der Waals surface area contributed by atoms with E-state index in [0.717, 1.165) is 0 Å². The molecule has 20 heavy (non-hydrogen) atoms. The predicted octanol–water partition coefficient (Wildman–Crippen LogP) is -1.03. The molecule has 110 valence electrons. The van der Waals surface area contributed by atoms with E-state index in [1.807, 2.05) is 0 Å². The highest BCUT2D eigenvalue weighted by atomic mass is 16.4. The Morgan fingerprint density at radius 2 is 2.05 bits per heavy atom. The summed E-state index contributed by atoms with van der Waals surface area (Å²) >= 11 is 0. The predicted molar refractivity (Wildman–Crippen MR) is 69.1 cm³/mol. The first kappa shape index (κ1) is 15.5. The van der Waals surface area contributed by atoms with E-state index >= 15 is 0 Å². The number of aliphatic carboxylic acids is 1. The van der Waals surface area contributed by atoms with Gasteiger partial charge in [-0.1, -0.05) is 0 Å². The minimum atomic E-state index is -1.11. The van der Waals surface area contributed by atoms with Crippen LogP contribution in [0.5, 0.6) is 5.88 Å². The molecule has 0 saturated carbocycles. The van der Waals surface area contributed by atoms with Gasteiger partial charge in [0.2, 0.25) is 17.7 Å². The van der Waals surface area contributed by atoms with Crippen LogP contribution in [0.2, 0.25) is 0 Å². The fourth-order valence-electron chi connectivity index (χ4n) is 1.58. The monoisotopic (exact) mass is 284 g/mol. The van der Waals surface area contributed by atoms with Gasteiger partial charge in [0.25, 0.3) is 5.56 Å². The lowest BCUT2D eigenvalue weighted by molar-refractivity contribution is -0.137. The molecule has 9 heteroatoms. The van der Waals surface area contributed by atoms with Crippen LogP contribution in [0.3, 0.4) is 0 Å². The zero-order chi connectivity index (χ0) is 15.1. The summed E-state index contributed by atoms with van der Waals surface area (Å²) in [4.78, 5) is 38.7. The summed E-state index contributed by atoms with van der Waals surface area (Å²) in [6.45, 7) is -0.416. The number of rotatable bonds is 7. The first-order valence-electron chi connectivity index (χ1n) is 5.96. The molecule has 1 aromatic rings. The number of aromatic nitrogens is 2. The molecule has 1 amide bonds. The van der Waals surface area contributed by atoms with Crippen LogP contribution in [0.25, 0.3) is 0 Å². The molecule has 1 heterocycles. The smallest absolute Gasteiger partial charge is 0.322 e. The number of nitrogen functional groups attached to an aromatic ring is 1. The Bertz CT molecular complexity index is 554. The van der Waals surface area contributed by atoms with Crippen LogP contribution in [-0.2, 0) is 16.0 Å². The number of carbonyl (C=O) groups excluding carboxylic acids is 1. The Hall–Kier alpha value is -2.58. The molecular formula is C11H16N4O5. The van der Waals surface area contributed by atoms with E-state index in [1.165, 1.54) is 0 Å². The van der Waals surface area contributed by atoms with Crippen molar-refractivity contribution in [2.24, 2.45) is 0 Å². The number of carboxylic acids is 1. The quantitative estimate of drug-likeness (QED) is 0.400. The van der Waals surface area contributed by atoms with Crippen LogP contribution in [0.1, 0.15) is 24.8 Å². The van der Waals surface area contributed by atoms with Gasteiger partial charge in [0.1, 0.15) is 6.54 Å². The molecule has 0 aliphatic heterocycles. The number of H-pyrrole nitrogens is 1. The summed E-state index contributed by atoms with van der Waals surface area (Å²) < 4.78 is 0. The third-order valence-corrected chi connectivity index (χ3v) is 2.53. The van der Waals surface area contributed by atoms with Gasteiger partial charge in [-0.3, -0.25) is 19.4 Å². The number of carboxylic acid groups (broad SMARTS) is 1. The normalized spacial score (nSPS) is 10.2. The molecule has 9 nitrogen and oxygen atoms in total. The highest BCUT2D eigenvalue weighted by molar-refractivity contribution is 5.80. The number of amides is 1. The Kier molecular flexibility index (Phi) is 5.51. The topological polar surface area (TPSA) is 158 Å². The van der Waals surface area contributed by atoms with E-state index in [4.69, 9.17) is 10.8 Å². The Morgan fingerprint density at radius 1 is 1.35 bits per heavy atom. The SMILES string of the molecule is Nc1nc(O)c(CCCCC(=O)NCC(=O)O)c(=O)[nH]1. The molecule has 0 fully saturated rings. The number of aromatic hydroxyl groups is 1. The first-order chi connectivity index (χ1) is 9.40. The number of carbonyl (C=O) groups is 2. The Labute approximate surface area is 113 Å². The van der Waals surface area contributed by atoms with Gasteiger partial charge < -0.3 is 21.3 Å². The van der Waals surface area contributed by atoms with Crippen LogP contribution in [0, 0.1) is 0 Å². The molecule has 0 unspecified atom stereocenters. The summed E-state index contributed by atoms with van der Waals surface area (Å²) in [5, 5.41) is 20.1. The van der Waals surface area contributed by atoms with Gasteiger partial charge in [-0.2, -0.15) is 4.98 Å². The number of nitrogens with zero attached hydrogens (tertiary/aromatic N) is 1. The lowest BCUT2D eigenvalue weighted by Crippen LogP contribution is -2.28. The van der Waals surface area contributed by atoms with E-state index in [1.54, 1.807) is 0 Å². The van der Waals surface area contributed by atoms with E-state index in [2.05, 4.69) is 15.3 Å². The first-order valence-corrected chi connectivity index (χ1v) is 5.96. The largest absolute Gasteiger partial charge is 0.493 e. The van der Waals surface area contributed by atoms with E-state index in [0.29, 0.717) is 12.8 Å². The molecule has 0 radical (unpaired) electrons. The van der Waals surface area contributed by atoms with Crippen LogP contribution >= 0.6 is 0 Å². The number of hydrogen-bond donors (Lipinski definition) is 5. The third-order valence-electron chi connectivity index (χ3n) is 2.53. The number of anilines is 1. The molecular weight excluding hydrogens is 268 g/mol. The fourth-order valence-corrected chi connectivity index (χ4v) is 1.58. The van der Waals surface area contributed by atoms with Gasteiger partial charge in [0, 0.05) is 6.42 Å². The van der Waals surface area contributed by atoms with Gasteiger partial charge in [0.05, 0.1) is 5.56 Å². The molecule has 1 aromatic heterocycles. The number of nitrogens with two attached hydrogens (primary N) is 1. The summed E-state index contributed by atoms with van der Waals surface area (Å²) in [5.41, 5.74) is 4.86. The van der Waals surface area contributed by atoms with Gasteiger partial charge in [-0.25, -0.2) is 0 Å². The average Bonchev–Trinajstić information content (AvgIpc) is 2.34. The van der Waals surface area contributed by atoms with Gasteiger partial charge in [-0.15, -0.1) is 0 Å². The van der Waals surface area contributed by atoms with Crippen LogP contribution in [-0.4, -0.2) is 38.6 Å². The Morgan fingerprint density at radius 3 is 2.65 bits per heavy atom. The highest BCUT2D eigenvalue weighted by Crippen LogP contribution is 2.12. The maximum Gasteiger partial charge on any atom is 0.322 e. The summed E-state index contributed by atoms with van der Waals surface area (Å²) in [6, 6.07) is 0. The van der Waals surface area contributed by atoms with Crippen molar-refractivity contribution in [1.82, 2.24) is 15.3 Å². The van der Waals surface area contributed by atoms with Gasteiger partial charge >= 0.3 is 5.97 Å². The van der Waals surface area contributed by atoms with E-state index in [-0.39, 0.29) is 30.3 Å². The third kappa shape index (κ3) is 4.96. The number of nitrogens with one attached hydrogen (secondary N) is 2. The zero-order valence-electron chi connectivity index (χ0n) is 10.7. The summed E-state index contributed by atoms with van der Waals surface area (Å²) in [7, 11) is 0. The maximum atomic E-state index is 11.5. The number of aromatic amines is 1. The standard InChI is InChI=1S/C11H16N4O5/c12-11-14-9(19)6(10(20)15-11)3-1-2-4-7(16)13-5-8(17)18/h1-5H2,(H,13,16)(H,17,18)(H4,12,14,15,19,20). The molecule has 0 aliphatic carbocycles. The van der Waals surface area contributed by atoms with Crippen molar-refractivity contribution in [1.29, 1.82) is 0 Å². The Balaban J connectivity index is 2.37. The number of hydrogen-bond acceptors (Lipinski definition) is 6. The van der Waals surface area contributed by atoms with Gasteiger partial charge in [-0.05, 0) is 19.3 Å². The van der Waals surface area contributed by atoms with E-state index < -0.39 is 24.0 Å². The van der Waals surface area contributed by atoms with Crippen LogP contribution in [0.15, 0.2) is 4.79 Å². The van der Waals surface area contributed by atoms with Gasteiger partial charge in [0.15, 0.2) is 0 Å². The maximum absolute atomic E-state index is 11.5. The van der Waals surface area contributed by atoms with Crippen molar-refractivity contribution in [3.05, 3.63) is 15.9 Å². The molecule has 0 bridgehead atoms. The zero-order valence-corrected chi connectivity index (χ0v) is 10.7. The summed E-state index contributed by atoms with van der Waals surface area (Å²) in [6.07, 6.45) is 1.33. The van der Waals surface area contributed by atoms with Crippen molar-refractivity contribution < 1.29 is 19.8 Å². The van der Waals surface area contributed by atoms with Crippen molar-refractivity contribution in [2.45, 2.75) is 25.7 Å². The second kappa shape index (κ2) is 7.12. The molecule has 1 rings (SSSR count). The van der Waals surface area contributed by atoms with Crippen molar-refractivity contribution in [2.75, 3.05) is 12.3 Å². The summed E-state index contributed by atoms with van der Waals surface area (Å²) in [5.74, 6) is -2.06. The lowest BCUT2D eigenvalue weighted by Gasteiger charge is -2.04. The molecule has 6 N–H and O–H groups in total. The van der Waals surface area contributed by atoms with Crippen LogP contribution in [0.4, 0.5) is 5.95 Å². The molecule has 0 saturated heterocycles. The second-order valence-corrected chi connectivity index (χ2v) is 4.13. The molecule has 0 aromatic carbocycles. The lowest BCUT2D eigenvalue weighted by atomic mass is 10.1. The van der Waals surface area contributed by atoms with Crippen molar-refractivity contribution in [3.63, 3.8) is 0 Å². The second-order valence-electron chi connectivity index (χ2n) is 4.13. The molecule has 0 spiro atoms.